The Labute approximate surface area is 153 Å². The van der Waals surface area contributed by atoms with Crippen LogP contribution < -0.4 is 5.32 Å². The van der Waals surface area contributed by atoms with Crippen molar-refractivity contribution in [2.45, 2.75) is 12.8 Å². The number of hydrogen-bond donors (Lipinski definition) is 2. The van der Waals surface area contributed by atoms with Crippen molar-refractivity contribution in [1.82, 2.24) is 15.3 Å². The molecule has 126 valence electrons. The van der Waals surface area contributed by atoms with Crippen LogP contribution in [-0.4, -0.2) is 22.4 Å². The second-order valence-corrected chi connectivity index (χ2v) is 7.41. The summed E-state index contributed by atoms with van der Waals surface area (Å²) in [6.07, 6.45) is 3.00. The molecule has 0 aliphatic heterocycles. The maximum atomic E-state index is 12.2. The van der Waals surface area contributed by atoms with E-state index in [1.54, 1.807) is 11.3 Å². The Morgan fingerprint density at radius 2 is 2.12 bits per heavy atom. The van der Waals surface area contributed by atoms with Gasteiger partial charge in [0.15, 0.2) is 0 Å². The van der Waals surface area contributed by atoms with Crippen LogP contribution in [0, 0.1) is 0 Å². The number of carbonyl (C=O) groups excluding carboxylic acids is 1. The van der Waals surface area contributed by atoms with Gasteiger partial charge in [0.25, 0.3) is 0 Å². The number of rotatable bonds is 5. The van der Waals surface area contributed by atoms with Crippen molar-refractivity contribution in [3.05, 3.63) is 64.3 Å². The van der Waals surface area contributed by atoms with Crippen molar-refractivity contribution in [1.29, 1.82) is 0 Å². The molecular formula is C19H16ClN3OS. The molecule has 0 fully saturated rings. The maximum absolute atomic E-state index is 12.2. The van der Waals surface area contributed by atoms with Gasteiger partial charge in [0.2, 0.25) is 5.91 Å². The molecule has 0 aliphatic rings. The molecular weight excluding hydrogens is 354 g/mol. The summed E-state index contributed by atoms with van der Waals surface area (Å²) in [5, 5.41) is 5.77. The number of fused-ring (bicyclic) bond motifs is 2. The van der Waals surface area contributed by atoms with E-state index in [0.717, 1.165) is 38.1 Å². The molecule has 25 heavy (non-hydrogen) atoms. The Morgan fingerprint density at radius 3 is 3.04 bits per heavy atom. The van der Waals surface area contributed by atoms with Crippen LogP contribution >= 0.6 is 22.9 Å². The average molecular weight is 370 g/mol. The molecule has 0 saturated heterocycles. The lowest BCUT2D eigenvalue weighted by Gasteiger charge is -2.03. The van der Waals surface area contributed by atoms with Gasteiger partial charge in [-0.2, -0.15) is 0 Å². The molecule has 1 amide bonds. The van der Waals surface area contributed by atoms with Crippen molar-refractivity contribution < 1.29 is 4.79 Å². The minimum absolute atomic E-state index is 0.0221. The fourth-order valence-corrected chi connectivity index (χ4v) is 3.99. The van der Waals surface area contributed by atoms with Crippen LogP contribution in [0.1, 0.15) is 10.6 Å². The molecule has 0 spiro atoms. The zero-order valence-electron chi connectivity index (χ0n) is 13.4. The van der Waals surface area contributed by atoms with E-state index in [4.69, 9.17) is 11.6 Å². The Bertz CT molecular complexity index is 1050. The van der Waals surface area contributed by atoms with E-state index in [2.05, 4.69) is 15.3 Å². The zero-order chi connectivity index (χ0) is 17.2. The Hall–Kier alpha value is -2.37. The highest BCUT2D eigenvalue weighted by Crippen LogP contribution is 2.25. The fourth-order valence-electron chi connectivity index (χ4n) is 2.88. The summed E-state index contributed by atoms with van der Waals surface area (Å²) in [5.41, 5.74) is 2.98. The molecule has 0 atom stereocenters. The first-order chi connectivity index (χ1) is 12.2. The van der Waals surface area contributed by atoms with Gasteiger partial charge in [-0.05, 0) is 29.8 Å². The van der Waals surface area contributed by atoms with Crippen molar-refractivity contribution >= 4 is 50.0 Å². The topological polar surface area (TPSA) is 57.8 Å². The first-order valence-corrected chi connectivity index (χ1v) is 9.25. The van der Waals surface area contributed by atoms with Crippen LogP contribution in [0.15, 0.2) is 48.7 Å². The molecule has 6 heteroatoms. The molecule has 2 aromatic heterocycles. The summed E-state index contributed by atoms with van der Waals surface area (Å²) < 4.78 is 1.12. The SMILES string of the molecule is O=C(Cc1c[nH]c2ccccc12)NCCc1nc2cc(Cl)ccc2s1. The van der Waals surface area contributed by atoms with Gasteiger partial charge < -0.3 is 10.3 Å². The summed E-state index contributed by atoms with van der Waals surface area (Å²) in [4.78, 5) is 20.0. The number of benzene rings is 2. The van der Waals surface area contributed by atoms with Gasteiger partial charge in [0.1, 0.15) is 0 Å². The molecule has 2 aromatic carbocycles. The van der Waals surface area contributed by atoms with Crippen LogP contribution in [-0.2, 0) is 17.6 Å². The zero-order valence-corrected chi connectivity index (χ0v) is 15.0. The molecule has 4 rings (SSSR count). The number of H-pyrrole nitrogens is 1. The van der Waals surface area contributed by atoms with Crippen molar-refractivity contribution in [2.75, 3.05) is 6.54 Å². The number of aromatic nitrogens is 2. The molecule has 2 heterocycles. The third kappa shape index (κ3) is 3.52. The first kappa shape index (κ1) is 16.1. The number of amides is 1. The van der Waals surface area contributed by atoms with E-state index in [0.29, 0.717) is 18.0 Å². The van der Waals surface area contributed by atoms with Crippen molar-refractivity contribution in [2.24, 2.45) is 0 Å². The minimum atomic E-state index is 0.0221. The lowest BCUT2D eigenvalue weighted by Crippen LogP contribution is -2.27. The van der Waals surface area contributed by atoms with E-state index in [1.807, 2.05) is 48.7 Å². The van der Waals surface area contributed by atoms with Gasteiger partial charge in [-0.3, -0.25) is 4.79 Å². The van der Waals surface area contributed by atoms with Gasteiger partial charge in [0, 0.05) is 35.1 Å². The molecule has 0 aliphatic carbocycles. The molecule has 0 bridgehead atoms. The largest absolute Gasteiger partial charge is 0.361 e. The minimum Gasteiger partial charge on any atom is -0.361 e. The van der Waals surface area contributed by atoms with E-state index >= 15 is 0 Å². The number of thiazole rings is 1. The molecule has 0 unspecified atom stereocenters. The molecule has 4 nitrogen and oxygen atoms in total. The second-order valence-electron chi connectivity index (χ2n) is 5.86. The average Bonchev–Trinajstić information content (AvgIpc) is 3.18. The Morgan fingerprint density at radius 1 is 1.24 bits per heavy atom. The predicted octanol–water partition coefficient (Wildman–Crippen LogP) is 4.33. The van der Waals surface area contributed by atoms with E-state index in [-0.39, 0.29) is 5.91 Å². The number of hydrogen-bond acceptors (Lipinski definition) is 3. The third-order valence-corrected chi connectivity index (χ3v) is 5.41. The quantitative estimate of drug-likeness (QED) is 0.550. The molecule has 2 N–H and O–H groups in total. The smallest absolute Gasteiger partial charge is 0.224 e. The summed E-state index contributed by atoms with van der Waals surface area (Å²) in [7, 11) is 0. The fraction of sp³-hybridized carbons (Fsp3) is 0.158. The van der Waals surface area contributed by atoms with E-state index in [1.165, 1.54) is 0 Å². The lowest BCUT2D eigenvalue weighted by atomic mass is 10.1. The van der Waals surface area contributed by atoms with Gasteiger partial charge in [0.05, 0.1) is 21.6 Å². The van der Waals surface area contributed by atoms with Gasteiger partial charge in [-0.15, -0.1) is 11.3 Å². The van der Waals surface area contributed by atoms with Crippen LogP contribution in [0.3, 0.4) is 0 Å². The summed E-state index contributed by atoms with van der Waals surface area (Å²) in [6.45, 7) is 0.578. The monoisotopic (exact) mass is 369 g/mol. The number of para-hydroxylation sites is 1. The Balaban J connectivity index is 1.35. The third-order valence-electron chi connectivity index (χ3n) is 4.08. The van der Waals surface area contributed by atoms with Gasteiger partial charge in [-0.25, -0.2) is 4.98 Å². The summed E-state index contributed by atoms with van der Waals surface area (Å²) in [5.74, 6) is 0.0221. The van der Waals surface area contributed by atoms with Crippen molar-refractivity contribution in [3.63, 3.8) is 0 Å². The second kappa shape index (κ2) is 6.86. The highest BCUT2D eigenvalue weighted by molar-refractivity contribution is 7.18. The summed E-state index contributed by atoms with van der Waals surface area (Å²) in [6, 6.07) is 13.7. The number of nitrogens with zero attached hydrogens (tertiary/aromatic N) is 1. The van der Waals surface area contributed by atoms with Crippen LogP contribution in [0.4, 0.5) is 0 Å². The Kier molecular flexibility index (Phi) is 4.42. The van der Waals surface area contributed by atoms with E-state index in [9.17, 15) is 4.79 Å². The highest BCUT2D eigenvalue weighted by Gasteiger charge is 2.09. The predicted molar refractivity (Wildman–Crippen MR) is 103 cm³/mol. The van der Waals surface area contributed by atoms with Crippen LogP contribution in [0.5, 0.6) is 0 Å². The summed E-state index contributed by atoms with van der Waals surface area (Å²) >= 11 is 7.63. The highest BCUT2D eigenvalue weighted by atomic mass is 35.5. The first-order valence-electron chi connectivity index (χ1n) is 8.06. The number of nitrogens with one attached hydrogen (secondary N) is 2. The molecule has 0 saturated carbocycles. The van der Waals surface area contributed by atoms with Gasteiger partial charge >= 0.3 is 0 Å². The van der Waals surface area contributed by atoms with E-state index < -0.39 is 0 Å². The molecule has 4 aromatic rings. The van der Waals surface area contributed by atoms with Gasteiger partial charge in [-0.1, -0.05) is 29.8 Å². The van der Waals surface area contributed by atoms with Crippen LogP contribution in [0.25, 0.3) is 21.1 Å². The van der Waals surface area contributed by atoms with Crippen LogP contribution in [0.2, 0.25) is 5.02 Å². The molecule has 0 radical (unpaired) electrons. The number of aromatic amines is 1. The maximum Gasteiger partial charge on any atom is 0.224 e. The standard InChI is InChI=1S/C19H16ClN3OS/c20-13-5-6-17-16(10-13)23-19(25-17)7-8-21-18(24)9-12-11-22-15-4-2-1-3-14(12)15/h1-6,10-11,22H,7-9H2,(H,21,24). The van der Waals surface area contributed by atoms with Crippen molar-refractivity contribution in [3.8, 4) is 0 Å². The number of halogens is 1. The lowest BCUT2D eigenvalue weighted by molar-refractivity contribution is -0.120. The normalized spacial score (nSPS) is 11.2. The number of carbonyl (C=O) groups is 1.